The average Bonchev–Trinajstić information content (AvgIpc) is 2.82. The van der Waals surface area contributed by atoms with E-state index in [9.17, 15) is 4.79 Å². The molecule has 0 N–H and O–H groups in total. The van der Waals surface area contributed by atoms with Crippen molar-refractivity contribution in [1.82, 2.24) is 4.90 Å². The summed E-state index contributed by atoms with van der Waals surface area (Å²) < 4.78 is 10.8. The minimum absolute atomic E-state index is 0.0502. The number of hydrogen-bond acceptors (Lipinski definition) is 4. The maximum absolute atomic E-state index is 11.9. The van der Waals surface area contributed by atoms with Crippen molar-refractivity contribution < 1.29 is 14.3 Å². The van der Waals surface area contributed by atoms with E-state index in [0.29, 0.717) is 6.54 Å². The molecule has 1 amide bonds. The maximum Gasteiger partial charge on any atom is 0.414 e. The lowest BCUT2D eigenvalue weighted by atomic mass is 10.2. The number of cyclic esters (lactones) is 1. The minimum Gasteiger partial charge on any atom is -0.443 e. The molecule has 0 bridgehead atoms. The van der Waals surface area contributed by atoms with E-state index in [2.05, 4.69) is 4.90 Å². The lowest BCUT2D eigenvalue weighted by Gasteiger charge is -2.28. The van der Waals surface area contributed by atoms with Crippen molar-refractivity contribution in [3.8, 4) is 0 Å². The van der Waals surface area contributed by atoms with Crippen LogP contribution in [0, 0.1) is 0 Å². The van der Waals surface area contributed by atoms with Crippen molar-refractivity contribution in [3.05, 3.63) is 30.3 Å². The zero-order valence-corrected chi connectivity index (χ0v) is 10.8. The molecule has 0 spiro atoms. The van der Waals surface area contributed by atoms with Gasteiger partial charge in [0.2, 0.25) is 0 Å². The van der Waals surface area contributed by atoms with Crippen molar-refractivity contribution in [2.24, 2.45) is 0 Å². The fourth-order valence-corrected chi connectivity index (χ4v) is 2.51. The van der Waals surface area contributed by atoms with Gasteiger partial charge in [0.15, 0.2) is 0 Å². The van der Waals surface area contributed by atoms with E-state index in [0.717, 1.165) is 38.5 Å². The van der Waals surface area contributed by atoms with Gasteiger partial charge < -0.3 is 9.47 Å². The van der Waals surface area contributed by atoms with Crippen LogP contribution in [-0.2, 0) is 9.47 Å². The van der Waals surface area contributed by atoms with E-state index in [1.807, 2.05) is 30.3 Å². The summed E-state index contributed by atoms with van der Waals surface area (Å²) in [6, 6.07) is 9.66. The van der Waals surface area contributed by atoms with Crippen LogP contribution in [0.5, 0.6) is 0 Å². The van der Waals surface area contributed by atoms with Gasteiger partial charge in [0.1, 0.15) is 6.10 Å². The normalized spacial score (nSPS) is 24.5. The molecule has 5 nitrogen and oxygen atoms in total. The van der Waals surface area contributed by atoms with Gasteiger partial charge in [0.05, 0.1) is 19.8 Å². The zero-order valence-electron chi connectivity index (χ0n) is 10.8. The Kier molecular flexibility index (Phi) is 3.66. The number of amides is 1. The third kappa shape index (κ3) is 2.88. The Morgan fingerprint density at radius 1 is 1.16 bits per heavy atom. The molecule has 1 atom stereocenters. The molecule has 0 aromatic heterocycles. The molecule has 5 heteroatoms. The van der Waals surface area contributed by atoms with Crippen molar-refractivity contribution in [1.29, 1.82) is 0 Å². The number of anilines is 1. The molecule has 1 aromatic rings. The van der Waals surface area contributed by atoms with Gasteiger partial charge in [0, 0.05) is 25.3 Å². The monoisotopic (exact) mass is 262 g/mol. The summed E-state index contributed by atoms with van der Waals surface area (Å²) in [6.45, 7) is 4.78. The number of hydrogen-bond donors (Lipinski definition) is 0. The van der Waals surface area contributed by atoms with Gasteiger partial charge in [0.25, 0.3) is 0 Å². The molecular formula is C14H18N2O3. The van der Waals surface area contributed by atoms with Crippen LogP contribution in [0.15, 0.2) is 30.3 Å². The molecule has 3 rings (SSSR count). The van der Waals surface area contributed by atoms with Gasteiger partial charge in [-0.2, -0.15) is 0 Å². The number of para-hydroxylation sites is 1. The van der Waals surface area contributed by atoms with Crippen LogP contribution in [0.1, 0.15) is 0 Å². The highest BCUT2D eigenvalue weighted by atomic mass is 16.6. The second-order valence-corrected chi connectivity index (χ2v) is 4.86. The predicted molar refractivity (Wildman–Crippen MR) is 71.3 cm³/mol. The third-order valence-corrected chi connectivity index (χ3v) is 3.51. The second-order valence-electron chi connectivity index (χ2n) is 4.86. The van der Waals surface area contributed by atoms with E-state index in [1.165, 1.54) is 0 Å². The highest BCUT2D eigenvalue weighted by molar-refractivity contribution is 5.89. The summed E-state index contributed by atoms with van der Waals surface area (Å²) in [7, 11) is 0. The van der Waals surface area contributed by atoms with Crippen molar-refractivity contribution in [2.45, 2.75) is 6.10 Å². The summed E-state index contributed by atoms with van der Waals surface area (Å²) in [5, 5.41) is 0. The number of carbonyl (C=O) groups excluding carboxylic acids is 1. The van der Waals surface area contributed by atoms with Gasteiger partial charge >= 0.3 is 6.09 Å². The molecule has 2 aliphatic heterocycles. The molecule has 2 heterocycles. The van der Waals surface area contributed by atoms with Crippen LogP contribution in [0.3, 0.4) is 0 Å². The number of carbonyl (C=O) groups is 1. The van der Waals surface area contributed by atoms with E-state index < -0.39 is 0 Å². The van der Waals surface area contributed by atoms with Crippen LogP contribution < -0.4 is 4.90 Å². The van der Waals surface area contributed by atoms with Crippen LogP contribution in [0.2, 0.25) is 0 Å². The Hall–Kier alpha value is -1.59. The smallest absolute Gasteiger partial charge is 0.414 e. The fourth-order valence-electron chi connectivity index (χ4n) is 2.51. The Morgan fingerprint density at radius 2 is 1.89 bits per heavy atom. The molecule has 19 heavy (non-hydrogen) atoms. The number of benzene rings is 1. The van der Waals surface area contributed by atoms with Crippen molar-refractivity contribution in [2.75, 3.05) is 44.3 Å². The molecule has 0 radical (unpaired) electrons. The van der Waals surface area contributed by atoms with Crippen molar-refractivity contribution in [3.63, 3.8) is 0 Å². The van der Waals surface area contributed by atoms with Gasteiger partial charge in [-0.25, -0.2) is 4.79 Å². The molecule has 0 aliphatic carbocycles. The minimum atomic E-state index is -0.246. The van der Waals surface area contributed by atoms with Crippen LogP contribution in [-0.4, -0.2) is 56.5 Å². The molecule has 0 saturated carbocycles. The summed E-state index contributed by atoms with van der Waals surface area (Å²) in [6.07, 6.45) is -0.296. The maximum atomic E-state index is 11.9. The molecular weight excluding hydrogens is 244 g/mol. The van der Waals surface area contributed by atoms with E-state index in [4.69, 9.17) is 9.47 Å². The molecule has 2 fully saturated rings. The largest absolute Gasteiger partial charge is 0.443 e. The first-order valence-corrected chi connectivity index (χ1v) is 6.66. The molecule has 2 aliphatic rings. The van der Waals surface area contributed by atoms with Gasteiger partial charge in [-0.3, -0.25) is 9.80 Å². The van der Waals surface area contributed by atoms with Crippen LogP contribution in [0.4, 0.5) is 10.5 Å². The Balaban J connectivity index is 1.60. The van der Waals surface area contributed by atoms with Gasteiger partial charge in [-0.05, 0) is 12.1 Å². The first kappa shape index (κ1) is 12.4. The third-order valence-electron chi connectivity index (χ3n) is 3.51. The van der Waals surface area contributed by atoms with E-state index in [1.54, 1.807) is 4.90 Å². The highest BCUT2D eigenvalue weighted by Crippen LogP contribution is 2.21. The quantitative estimate of drug-likeness (QED) is 0.824. The lowest BCUT2D eigenvalue weighted by Crippen LogP contribution is -2.42. The van der Waals surface area contributed by atoms with Crippen LogP contribution >= 0.6 is 0 Å². The standard InChI is InChI=1S/C14H18N2O3/c17-14-16(12-4-2-1-3-5-12)11-13(19-14)10-15-6-8-18-9-7-15/h1-5,13H,6-11H2. The number of nitrogens with zero attached hydrogens (tertiary/aromatic N) is 2. The summed E-state index contributed by atoms with van der Waals surface area (Å²) in [4.78, 5) is 15.9. The van der Waals surface area contributed by atoms with Gasteiger partial charge in [-0.1, -0.05) is 18.2 Å². The fraction of sp³-hybridized carbons (Fsp3) is 0.500. The summed E-state index contributed by atoms with van der Waals surface area (Å²) in [5.41, 5.74) is 0.900. The molecule has 1 aromatic carbocycles. The summed E-state index contributed by atoms with van der Waals surface area (Å²) >= 11 is 0. The second kappa shape index (κ2) is 5.59. The average molecular weight is 262 g/mol. The lowest BCUT2D eigenvalue weighted by molar-refractivity contribution is 0.0188. The SMILES string of the molecule is O=C1OC(CN2CCOCC2)CN1c1ccccc1. The number of rotatable bonds is 3. The van der Waals surface area contributed by atoms with Crippen molar-refractivity contribution >= 4 is 11.8 Å². The first-order valence-electron chi connectivity index (χ1n) is 6.66. The zero-order chi connectivity index (χ0) is 13.1. The van der Waals surface area contributed by atoms with Crippen LogP contribution in [0.25, 0.3) is 0 Å². The Bertz CT molecular complexity index is 432. The highest BCUT2D eigenvalue weighted by Gasteiger charge is 2.33. The van der Waals surface area contributed by atoms with Gasteiger partial charge in [-0.15, -0.1) is 0 Å². The Labute approximate surface area is 112 Å². The van der Waals surface area contributed by atoms with E-state index >= 15 is 0 Å². The molecule has 1 unspecified atom stereocenters. The number of ether oxygens (including phenoxy) is 2. The molecule has 102 valence electrons. The topological polar surface area (TPSA) is 42.0 Å². The Morgan fingerprint density at radius 3 is 2.63 bits per heavy atom. The van der Waals surface area contributed by atoms with E-state index in [-0.39, 0.29) is 12.2 Å². The number of morpholine rings is 1. The summed E-state index contributed by atoms with van der Waals surface area (Å²) in [5.74, 6) is 0. The molecule has 2 saturated heterocycles. The first-order chi connectivity index (χ1) is 9.33. The predicted octanol–water partition coefficient (Wildman–Crippen LogP) is 1.34.